The van der Waals surface area contributed by atoms with Crippen molar-refractivity contribution < 1.29 is 8.78 Å². The molecule has 0 bridgehead atoms. The number of nitrogens with zero attached hydrogens (tertiary/aromatic N) is 2. The van der Waals surface area contributed by atoms with E-state index in [0.29, 0.717) is 13.0 Å². The van der Waals surface area contributed by atoms with Crippen molar-refractivity contribution >= 4 is 10.9 Å². The lowest BCUT2D eigenvalue weighted by Gasteiger charge is -2.16. The van der Waals surface area contributed by atoms with E-state index in [0.717, 1.165) is 17.4 Å². The van der Waals surface area contributed by atoms with Crippen molar-refractivity contribution in [1.29, 1.82) is 0 Å². The van der Waals surface area contributed by atoms with Crippen LogP contribution in [0.5, 0.6) is 0 Å². The van der Waals surface area contributed by atoms with Crippen LogP contribution in [0.1, 0.15) is 18.4 Å². The molecular formula is C16H18F2N2. The average molecular weight is 276 g/mol. The van der Waals surface area contributed by atoms with Gasteiger partial charge in [-0.1, -0.05) is 12.1 Å². The van der Waals surface area contributed by atoms with Crippen LogP contribution in [0.2, 0.25) is 0 Å². The van der Waals surface area contributed by atoms with E-state index in [9.17, 15) is 8.78 Å². The van der Waals surface area contributed by atoms with Crippen LogP contribution in [0.3, 0.4) is 0 Å². The predicted molar refractivity (Wildman–Crippen MR) is 75.7 cm³/mol. The molecule has 0 radical (unpaired) electrons. The zero-order valence-electron chi connectivity index (χ0n) is 11.5. The second-order valence-electron chi connectivity index (χ2n) is 5.72. The monoisotopic (exact) mass is 276 g/mol. The summed E-state index contributed by atoms with van der Waals surface area (Å²) in [6.45, 7) is 1.49. The fourth-order valence-electron chi connectivity index (χ4n) is 2.57. The maximum absolute atomic E-state index is 12.8. The van der Waals surface area contributed by atoms with Gasteiger partial charge in [0.05, 0.1) is 5.52 Å². The van der Waals surface area contributed by atoms with Gasteiger partial charge in [-0.3, -0.25) is 4.98 Å². The minimum absolute atomic E-state index is 0.0719. The summed E-state index contributed by atoms with van der Waals surface area (Å²) in [6, 6.07) is 10.1. The van der Waals surface area contributed by atoms with Crippen molar-refractivity contribution in [2.75, 3.05) is 13.6 Å². The highest BCUT2D eigenvalue weighted by molar-refractivity contribution is 5.78. The lowest BCUT2D eigenvalue weighted by atomic mass is 10.1. The molecule has 1 aliphatic rings. The third-order valence-electron chi connectivity index (χ3n) is 3.93. The molecule has 1 aromatic heterocycles. The van der Waals surface area contributed by atoms with Gasteiger partial charge in [0, 0.05) is 30.5 Å². The second kappa shape index (κ2) is 5.09. The van der Waals surface area contributed by atoms with Crippen LogP contribution in [-0.4, -0.2) is 29.4 Å². The molecule has 0 amide bonds. The van der Waals surface area contributed by atoms with Crippen LogP contribution in [0, 0.1) is 5.92 Å². The first kappa shape index (κ1) is 13.4. The fourth-order valence-corrected chi connectivity index (χ4v) is 2.57. The first-order chi connectivity index (χ1) is 9.54. The molecule has 2 nitrogen and oxygen atoms in total. The Balaban J connectivity index is 1.58. The van der Waals surface area contributed by atoms with E-state index < -0.39 is 11.8 Å². The predicted octanol–water partition coefficient (Wildman–Crippen LogP) is 3.71. The largest absolute Gasteiger partial charge is 0.302 e. The van der Waals surface area contributed by atoms with Crippen LogP contribution >= 0.6 is 0 Å². The highest BCUT2D eigenvalue weighted by Gasteiger charge is 2.55. The van der Waals surface area contributed by atoms with Gasteiger partial charge in [0.25, 0.3) is 5.92 Å². The minimum atomic E-state index is -2.39. The number of fused-ring (bicyclic) bond motifs is 1. The van der Waals surface area contributed by atoms with Gasteiger partial charge in [0.15, 0.2) is 0 Å². The first-order valence-electron chi connectivity index (χ1n) is 6.95. The number of aromatic nitrogens is 1. The number of hydrogen-bond acceptors (Lipinski definition) is 2. The van der Waals surface area contributed by atoms with Gasteiger partial charge >= 0.3 is 0 Å². The Hall–Kier alpha value is -1.55. The molecular weight excluding hydrogens is 258 g/mol. The summed E-state index contributed by atoms with van der Waals surface area (Å²) in [6.07, 6.45) is 2.44. The molecule has 1 heterocycles. The van der Waals surface area contributed by atoms with Crippen molar-refractivity contribution in [3.63, 3.8) is 0 Å². The Kier molecular flexibility index (Phi) is 3.42. The lowest BCUT2D eigenvalue weighted by molar-refractivity contribution is 0.0944. The molecule has 1 atom stereocenters. The Labute approximate surface area is 117 Å². The smallest absolute Gasteiger partial charge is 0.251 e. The van der Waals surface area contributed by atoms with Gasteiger partial charge < -0.3 is 4.90 Å². The molecule has 20 heavy (non-hydrogen) atoms. The Bertz CT molecular complexity index is 612. The molecule has 4 heteroatoms. The third kappa shape index (κ3) is 2.96. The number of halogens is 2. The number of hydrogen-bond donors (Lipinski definition) is 0. The van der Waals surface area contributed by atoms with E-state index in [1.165, 1.54) is 5.56 Å². The minimum Gasteiger partial charge on any atom is -0.302 e. The van der Waals surface area contributed by atoms with Crippen molar-refractivity contribution in [3.05, 3.63) is 42.1 Å². The third-order valence-corrected chi connectivity index (χ3v) is 3.93. The molecule has 3 rings (SSSR count). The highest BCUT2D eigenvalue weighted by atomic mass is 19.3. The molecule has 106 valence electrons. The van der Waals surface area contributed by atoms with E-state index in [1.807, 2.05) is 25.2 Å². The molecule has 0 N–H and O–H groups in total. The van der Waals surface area contributed by atoms with Crippen LogP contribution in [0.25, 0.3) is 10.9 Å². The molecule has 1 saturated carbocycles. The normalized spacial score (nSPS) is 20.5. The number of benzene rings is 1. The number of pyridine rings is 1. The zero-order valence-corrected chi connectivity index (χ0v) is 11.5. The summed E-state index contributed by atoms with van der Waals surface area (Å²) in [5.41, 5.74) is 2.17. The second-order valence-corrected chi connectivity index (χ2v) is 5.72. The maximum atomic E-state index is 12.8. The summed E-state index contributed by atoms with van der Waals surface area (Å²) in [5, 5.41) is 1.12. The van der Waals surface area contributed by atoms with E-state index >= 15 is 0 Å². The zero-order chi connectivity index (χ0) is 14.2. The summed E-state index contributed by atoms with van der Waals surface area (Å²) in [4.78, 5) is 6.39. The van der Waals surface area contributed by atoms with Crippen molar-refractivity contribution in [2.45, 2.75) is 25.3 Å². The van der Waals surface area contributed by atoms with Gasteiger partial charge in [-0.15, -0.1) is 0 Å². The summed E-state index contributed by atoms with van der Waals surface area (Å²) < 4.78 is 25.6. The molecule has 0 saturated heterocycles. The molecule has 0 spiro atoms. The van der Waals surface area contributed by atoms with Crippen molar-refractivity contribution in [1.82, 2.24) is 9.88 Å². The Morgan fingerprint density at radius 1 is 1.35 bits per heavy atom. The summed E-state index contributed by atoms with van der Waals surface area (Å²) in [7, 11) is 1.98. The van der Waals surface area contributed by atoms with E-state index in [-0.39, 0.29) is 6.42 Å². The number of alkyl halides is 2. The van der Waals surface area contributed by atoms with Crippen LogP contribution in [0.4, 0.5) is 8.78 Å². The molecule has 0 unspecified atom stereocenters. The molecule has 2 aromatic rings. The van der Waals surface area contributed by atoms with Crippen LogP contribution in [-0.2, 0) is 6.54 Å². The van der Waals surface area contributed by atoms with Gasteiger partial charge in [0.1, 0.15) is 0 Å². The fraction of sp³-hybridized carbons (Fsp3) is 0.438. The van der Waals surface area contributed by atoms with Gasteiger partial charge in [-0.25, -0.2) is 8.78 Å². The van der Waals surface area contributed by atoms with E-state index in [2.05, 4.69) is 22.0 Å². The molecule has 1 aliphatic carbocycles. The van der Waals surface area contributed by atoms with Crippen molar-refractivity contribution in [2.24, 2.45) is 5.92 Å². The summed E-state index contributed by atoms with van der Waals surface area (Å²) >= 11 is 0. The topological polar surface area (TPSA) is 16.1 Å². The Morgan fingerprint density at radius 3 is 2.90 bits per heavy atom. The van der Waals surface area contributed by atoms with Gasteiger partial charge in [-0.05, 0) is 43.8 Å². The van der Waals surface area contributed by atoms with Crippen LogP contribution < -0.4 is 0 Å². The number of rotatable bonds is 5. The average Bonchev–Trinajstić information content (AvgIpc) is 3.04. The first-order valence-corrected chi connectivity index (χ1v) is 6.95. The van der Waals surface area contributed by atoms with Crippen molar-refractivity contribution in [3.8, 4) is 0 Å². The van der Waals surface area contributed by atoms with Gasteiger partial charge in [-0.2, -0.15) is 0 Å². The Morgan fingerprint density at radius 2 is 2.15 bits per heavy atom. The maximum Gasteiger partial charge on any atom is 0.251 e. The summed E-state index contributed by atoms with van der Waals surface area (Å²) in [5.74, 6) is -2.79. The highest BCUT2D eigenvalue weighted by Crippen LogP contribution is 2.50. The van der Waals surface area contributed by atoms with Gasteiger partial charge in [0.2, 0.25) is 0 Å². The van der Waals surface area contributed by atoms with E-state index in [1.54, 1.807) is 6.20 Å². The van der Waals surface area contributed by atoms with Crippen LogP contribution in [0.15, 0.2) is 36.5 Å². The molecule has 0 aliphatic heterocycles. The quantitative estimate of drug-likeness (QED) is 0.827. The lowest BCUT2D eigenvalue weighted by Crippen LogP contribution is -2.20. The molecule has 1 aromatic carbocycles. The van der Waals surface area contributed by atoms with E-state index in [4.69, 9.17) is 0 Å². The SMILES string of the molecule is CN(CC[C@@H]1CC1(F)F)Cc1ccc2ncccc2c1. The standard InChI is InChI=1S/C16H18F2N2/c1-20(8-6-14-10-16(14,17)18)11-12-4-5-15-13(9-12)3-2-7-19-15/h2-5,7,9,14H,6,8,10-11H2,1H3/t14-/m1/s1. The molecule has 1 fully saturated rings.